The summed E-state index contributed by atoms with van der Waals surface area (Å²) in [5.41, 5.74) is 5.15. The monoisotopic (exact) mass is 147 g/mol. The van der Waals surface area contributed by atoms with Gasteiger partial charge in [0.15, 0.2) is 6.23 Å². The highest BCUT2D eigenvalue weighted by molar-refractivity contribution is 5.60. The smallest absolute Gasteiger partial charge is 0.432 e. The van der Waals surface area contributed by atoms with Crippen molar-refractivity contribution >= 4 is 6.16 Å². The van der Waals surface area contributed by atoms with Crippen LogP contribution in [0.15, 0.2) is 0 Å². The van der Waals surface area contributed by atoms with Crippen LogP contribution in [0.2, 0.25) is 0 Å². The summed E-state index contributed by atoms with van der Waals surface area (Å²) in [6, 6.07) is 0. The molecule has 0 radical (unpaired) electrons. The number of nitrogens with two attached hydrogens (primary N) is 1. The van der Waals surface area contributed by atoms with Gasteiger partial charge in [-0.1, -0.05) is 0 Å². The maximum absolute atomic E-state index is 10.5. The highest BCUT2D eigenvalue weighted by Gasteiger charge is 2.07. The van der Waals surface area contributed by atoms with Gasteiger partial charge in [0.25, 0.3) is 0 Å². The van der Waals surface area contributed by atoms with E-state index in [4.69, 9.17) is 5.73 Å². The van der Waals surface area contributed by atoms with Gasteiger partial charge in [-0.2, -0.15) is 0 Å². The predicted molar refractivity (Wildman–Crippen MR) is 36.4 cm³/mol. The Labute approximate surface area is 60.3 Å². The van der Waals surface area contributed by atoms with E-state index in [0.29, 0.717) is 0 Å². The molecule has 10 heavy (non-hydrogen) atoms. The van der Waals surface area contributed by atoms with Crippen LogP contribution in [-0.4, -0.2) is 18.5 Å². The summed E-state index contributed by atoms with van der Waals surface area (Å²) in [5.74, 6) is 0. The Morgan fingerprint density at radius 2 is 1.80 bits per heavy atom. The van der Waals surface area contributed by atoms with Crippen LogP contribution in [0.3, 0.4) is 0 Å². The number of hydrogen-bond donors (Lipinski definition) is 1. The Kier molecular flexibility index (Phi) is 3.79. The summed E-state index contributed by atoms with van der Waals surface area (Å²) in [6.45, 7) is 5.03. The molecule has 0 heterocycles. The molecule has 2 N–H and O–H groups in total. The minimum atomic E-state index is -0.718. The van der Waals surface area contributed by atoms with Crippen LogP contribution in [-0.2, 0) is 9.47 Å². The van der Waals surface area contributed by atoms with E-state index in [2.05, 4.69) is 9.47 Å². The summed E-state index contributed by atoms with van der Waals surface area (Å²) in [7, 11) is 0. The number of rotatable bonds is 2. The van der Waals surface area contributed by atoms with Crippen LogP contribution in [0.1, 0.15) is 20.8 Å². The van der Waals surface area contributed by atoms with Gasteiger partial charge < -0.3 is 9.47 Å². The van der Waals surface area contributed by atoms with Gasteiger partial charge in [0.2, 0.25) is 0 Å². The Balaban J connectivity index is 3.44. The van der Waals surface area contributed by atoms with E-state index >= 15 is 0 Å². The standard InChI is InChI=1S/C6H13NO3/c1-4(2)9-6(8)10-5(3)7/h4-5H,7H2,1-3H3. The molecule has 0 aromatic heterocycles. The molecule has 0 spiro atoms. The third kappa shape index (κ3) is 5.37. The molecule has 0 aliphatic rings. The molecule has 0 amide bonds. The second-order valence-electron chi connectivity index (χ2n) is 2.24. The van der Waals surface area contributed by atoms with Crippen molar-refractivity contribution in [2.24, 2.45) is 5.73 Å². The van der Waals surface area contributed by atoms with Crippen molar-refractivity contribution < 1.29 is 14.3 Å². The molecule has 1 atom stereocenters. The van der Waals surface area contributed by atoms with Gasteiger partial charge in [-0.3, -0.25) is 5.73 Å². The Morgan fingerprint density at radius 1 is 1.30 bits per heavy atom. The fourth-order valence-electron chi connectivity index (χ4n) is 0.372. The highest BCUT2D eigenvalue weighted by atomic mass is 16.7. The largest absolute Gasteiger partial charge is 0.510 e. The Bertz CT molecular complexity index is 99.6. The Hall–Kier alpha value is -0.770. The van der Waals surface area contributed by atoms with Gasteiger partial charge in [-0.05, 0) is 20.8 Å². The van der Waals surface area contributed by atoms with E-state index in [1.165, 1.54) is 0 Å². The van der Waals surface area contributed by atoms with Crippen molar-refractivity contribution in [3.63, 3.8) is 0 Å². The minimum absolute atomic E-state index is 0.161. The molecule has 1 unspecified atom stereocenters. The van der Waals surface area contributed by atoms with E-state index < -0.39 is 12.4 Å². The maximum Gasteiger partial charge on any atom is 0.510 e. The molecule has 0 rings (SSSR count). The van der Waals surface area contributed by atoms with Gasteiger partial charge in [-0.15, -0.1) is 0 Å². The van der Waals surface area contributed by atoms with E-state index in [1.807, 2.05) is 0 Å². The van der Waals surface area contributed by atoms with Crippen molar-refractivity contribution in [2.75, 3.05) is 0 Å². The third-order valence-corrected chi connectivity index (χ3v) is 0.614. The lowest BCUT2D eigenvalue weighted by molar-refractivity contribution is 0.0138. The van der Waals surface area contributed by atoms with Gasteiger partial charge in [0.1, 0.15) is 0 Å². The zero-order chi connectivity index (χ0) is 8.15. The summed E-state index contributed by atoms with van der Waals surface area (Å²) in [5, 5.41) is 0. The predicted octanol–water partition coefficient (Wildman–Crippen LogP) is 0.853. The Morgan fingerprint density at radius 3 is 2.10 bits per heavy atom. The van der Waals surface area contributed by atoms with Gasteiger partial charge in [-0.25, -0.2) is 4.79 Å². The number of carbonyl (C=O) groups excluding carboxylic acids is 1. The molecule has 0 fully saturated rings. The first kappa shape index (κ1) is 9.23. The van der Waals surface area contributed by atoms with E-state index in [-0.39, 0.29) is 6.10 Å². The molecular weight excluding hydrogens is 134 g/mol. The number of hydrogen-bond acceptors (Lipinski definition) is 4. The minimum Gasteiger partial charge on any atom is -0.432 e. The van der Waals surface area contributed by atoms with Crippen molar-refractivity contribution in [1.29, 1.82) is 0 Å². The van der Waals surface area contributed by atoms with E-state index in [9.17, 15) is 4.79 Å². The molecule has 0 aromatic carbocycles. The number of ether oxygens (including phenoxy) is 2. The molecule has 4 nitrogen and oxygen atoms in total. The van der Waals surface area contributed by atoms with Gasteiger partial charge >= 0.3 is 6.16 Å². The van der Waals surface area contributed by atoms with Gasteiger partial charge in [0.05, 0.1) is 6.10 Å². The molecule has 0 saturated carbocycles. The van der Waals surface area contributed by atoms with Crippen molar-refractivity contribution in [2.45, 2.75) is 33.1 Å². The maximum atomic E-state index is 10.5. The first-order valence-corrected chi connectivity index (χ1v) is 3.15. The summed E-state index contributed by atoms with van der Waals surface area (Å²) < 4.78 is 9.10. The summed E-state index contributed by atoms with van der Waals surface area (Å²) in [4.78, 5) is 10.5. The molecule has 0 saturated heterocycles. The van der Waals surface area contributed by atoms with E-state index in [1.54, 1.807) is 20.8 Å². The topological polar surface area (TPSA) is 61.5 Å². The quantitative estimate of drug-likeness (QED) is 0.464. The normalized spacial score (nSPS) is 12.9. The van der Waals surface area contributed by atoms with Crippen molar-refractivity contribution in [3.8, 4) is 0 Å². The molecular formula is C6H13NO3. The molecule has 0 bridgehead atoms. The average molecular weight is 147 g/mol. The van der Waals surface area contributed by atoms with Crippen LogP contribution in [0.4, 0.5) is 4.79 Å². The summed E-state index contributed by atoms with van der Waals surface area (Å²) in [6.07, 6.45) is -1.48. The lowest BCUT2D eigenvalue weighted by Crippen LogP contribution is -2.25. The second kappa shape index (κ2) is 4.11. The first-order valence-electron chi connectivity index (χ1n) is 3.15. The molecule has 0 aliphatic carbocycles. The van der Waals surface area contributed by atoms with Crippen molar-refractivity contribution in [1.82, 2.24) is 0 Å². The van der Waals surface area contributed by atoms with Gasteiger partial charge in [0, 0.05) is 0 Å². The SMILES string of the molecule is CC(C)OC(=O)OC(C)N. The zero-order valence-electron chi connectivity index (χ0n) is 6.46. The highest BCUT2D eigenvalue weighted by Crippen LogP contribution is 1.93. The molecule has 0 aromatic rings. The lowest BCUT2D eigenvalue weighted by Gasteiger charge is -2.10. The second-order valence-corrected chi connectivity index (χ2v) is 2.24. The summed E-state index contributed by atoms with van der Waals surface area (Å²) >= 11 is 0. The van der Waals surface area contributed by atoms with Crippen LogP contribution >= 0.6 is 0 Å². The fraction of sp³-hybridized carbons (Fsp3) is 0.833. The van der Waals surface area contributed by atoms with E-state index in [0.717, 1.165) is 0 Å². The van der Waals surface area contributed by atoms with Crippen LogP contribution < -0.4 is 5.73 Å². The van der Waals surface area contributed by atoms with Crippen molar-refractivity contribution in [3.05, 3.63) is 0 Å². The lowest BCUT2D eigenvalue weighted by atomic mass is 10.5. The molecule has 60 valence electrons. The van der Waals surface area contributed by atoms with Crippen LogP contribution in [0.5, 0.6) is 0 Å². The first-order chi connectivity index (χ1) is 4.52. The van der Waals surface area contributed by atoms with Crippen LogP contribution in [0, 0.1) is 0 Å². The third-order valence-electron chi connectivity index (χ3n) is 0.614. The van der Waals surface area contributed by atoms with Crippen LogP contribution in [0.25, 0.3) is 0 Å². The fourth-order valence-corrected chi connectivity index (χ4v) is 0.372. The average Bonchev–Trinajstić information content (AvgIpc) is 1.58. The molecule has 0 aliphatic heterocycles. The number of carbonyl (C=O) groups is 1. The molecule has 4 heteroatoms. The zero-order valence-corrected chi connectivity index (χ0v) is 6.46.